The highest BCUT2D eigenvalue weighted by Crippen LogP contribution is 2.73. The van der Waals surface area contributed by atoms with Gasteiger partial charge in [0.2, 0.25) is 0 Å². The van der Waals surface area contributed by atoms with Gasteiger partial charge < -0.3 is 22.8 Å². The van der Waals surface area contributed by atoms with Crippen molar-refractivity contribution in [3.8, 4) is 0 Å². The molecule has 0 fully saturated rings. The van der Waals surface area contributed by atoms with Crippen molar-refractivity contribution in [2.45, 2.75) is 51.5 Å². The minimum atomic E-state index is -4.26. The smallest absolute Gasteiger partial charge is 0.421 e. The van der Waals surface area contributed by atoms with Crippen LogP contribution >= 0.6 is 15.2 Å². The van der Waals surface area contributed by atoms with Gasteiger partial charge in [-0.3, -0.25) is 13.9 Å². The van der Waals surface area contributed by atoms with Gasteiger partial charge in [0.05, 0.1) is 32.1 Å². The summed E-state index contributed by atoms with van der Waals surface area (Å²) in [6.45, 7) is 6.43. The van der Waals surface area contributed by atoms with E-state index in [1.807, 2.05) is 30.3 Å². The molecule has 0 aromatic heterocycles. The number of carbonyl (C=O) groups is 2. The third-order valence-corrected chi connectivity index (χ3v) is 13.3. The van der Waals surface area contributed by atoms with E-state index < -0.39 is 38.0 Å². The van der Waals surface area contributed by atoms with Crippen LogP contribution in [-0.4, -0.2) is 43.8 Å². The van der Waals surface area contributed by atoms with Crippen molar-refractivity contribution in [1.29, 1.82) is 0 Å². The van der Waals surface area contributed by atoms with Crippen LogP contribution in [0.25, 0.3) is 0 Å². The first-order chi connectivity index (χ1) is 21.2. The van der Waals surface area contributed by atoms with Crippen LogP contribution in [0.5, 0.6) is 0 Å². The summed E-state index contributed by atoms with van der Waals surface area (Å²) in [4.78, 5) is 29.5. The predicted octanol–water partition coefficient (Wildman–Crippen LogP) is 7.90. The molecule has 1 heterocycles. The number of carbonyl (C=O) groups excluding carboxylic acids is 2. The number of ether oxygens (including phenoxy) is 1. The molecule has 1 aliphatic rings. The Bertz CT molecular complexity index is 1470. The van der Waals surface area contributed by atoms with Crippen LogP contribution in [0.2, 0.25) is 0 Å². The van der Waals surface area contributed by atoms with Gasteiger partial charge in [0.25, 0.3) is 5.91 Å². The molecule has 4 rings (SSSR count). The van der Waals surface area contributed by atoms with Gasteiger partial charge in [-0.15, -0.1) is 0 Å². The molecule has 0 saturated carbocycles. The van der Waals surface area contributed by atoms with Crippen LogP contribution in [0.1, 0.15) is 50.8 Å². The first-order valence-electron chi connectivity index (χ1n) is 14.7. The molecule has 0 N–H and O–H groups in total. The average molecular weight is 644 g/mol. The maximum atomic E-state index is 14.8. The molecule has 2 amide bonds. The average Bonchev–Trinajstić information content (AvgIpc) is 3.28. The molecule has 0 aliphatic carbocycles. The second-order valence-corrected chi connectivity index (χ2v) is 14.8. The molecule has 1 aliphatic heterocycles. The Morgan fingerprint density at radius 3 is 1.73 bits per heavy atom. The van der Waals surface area contributed by atoms with Crippen LogP contribution in [-0.2, 0) is 48.8 Å². The maximum Gasteiger partial charge on any atom is 0.421 e. The highest BCUT2D eigenvalue weighted by Gasteiger charge is 2.61. The number of amides is 2. The predicted molar refractivity (Wildman–Crippen MR) is 168 cm³/mol. The number of rotatable bonds is 15. The van der Waals surface area contributed by atoms with Gasteiger partial charge in [-0.2, -0.15) is 0 Å². The Hall–Kier alpha value is -3.10. The zero-order chi connectivity index (χ0) is 31.8. The van der Waals surface area contributed by atoms with Crippen LogP contribution in [0.4, 0.5) is 10.5 Å². The number of imide groups is 1. The second kappa shape index (κ2) is 14.8. The minimum Gasteiger partial charge on any atom is -0.444 e. The maximum absolute atomic E-state index is 14.8. The molecule has 0 bridgehead atoms. The molecule has 3 aromatic rings. The van der Waals surface area contributed by atoms with E-state index in [2.05, 4.69) is 0 Å². The monoisotopic (exact) mass is 643 g/mol. The fourth-order valence-electron chi connectivity index (χ4n) is 5.54. The third-order valence-electron chi connectivity index (χ3n) is 7.28. The Balaban J connectivity index is 1.92. The summed E-state index contributed by atoms with van der Waals surface area (Å²) in [5, 5.41) is -1.52. The van der Waals surface area contributed by atoms with E-state index in [0.29, 0.717) is 16.8 Å². The third kappa shape index (κ3) is 6.62. The Kier molecular flexibility index (Phi) is 11.4. The van der Waals surface area contributed by atoms with Crippen LogP contribution < -0.4 is 4.90 Å². The van der Waals surface area contributed by atoms with Crippen LogP contribution in [0.3, 0.4) is 0 Å². The Morgan fingerprint density at radius 1 is 0.727 bits per heavy atom. The molecule has 1 atom stereocenters. The van der Waals surface area contributed by atoms with Crippen molar-refractivity contribution in [1.82, 2.24) is 0 Å². The SMILES string of the molecule is CCOP(=O)(OCC)C(C[C@]1(c2ccccc2)C(=O)N(C(=O)OCc2ccccc2)c2ccccc21)P(=O)(OCC)OCC. The van der Waals surface area contributed by atoms with Gasteiger partial charge in [0, 0.05) is 0 Å². The first-order valence-corrected chi connectivity index (χ1v) is 17.9. The molecule has 12 heteroatoms. The number of anilines is 1. The number of hydrogen-bond acceptors (Lipinski definition) is 9. The molecular formula is C32H39NO9P2. The summed E-state index contributed by atoms with van der Waals surface area (Å²) in [7, 11) is -8.52. The first kappa shape index (κ1) is 33.8. The van der Waals surface area contributed by atoms with E-state index in [1.165, 1.54) is 0 Å². The fraction of sp³-hybridized carbons (Fsp3) is 0.375. The summed E-state index contributed by atoms with van der Waals surface area (Å²) in [5.74, 6) is -0.660. The summed E-state index contributed by atoms with van der Waals surface area (Å²) < 4.78 is 57.7. The molecule has 0 saturated heterocycles. The van der Waals surface area contributed by atoms with Gasteiger partial charge in [0.1, 0.15) is 12.0 Å². The minimum absolute atomic E-state index is 0.0210. The molecule has 236 valence electrons. The van der Waals surface area contributed by atoms with E-state index in [1.54, 1.807) is 82.3 Å². The fourth-order valence-corrected chi connectivity index (χ4v) is 11.0. The van der Waals surface area contributed by atoms with Crippen molar-refractivity contribution in [2.75, 3.05) is 31.3 Å². The number of para-hydroxylation sites is 1. The molecule has 0 unspecified atom stereocenters. The van der Waals surface area contributed by atoms with E-state index in [9.17, 15) is 18.7 Å². The number of nitrogens with zero attached hydrogens (tertiary/aromatic N) is 1. The van der Waals surface area contributed by atoms with Gasteiger partial charge in [0.15, 0.2) is 5.40 Å². The lowest BCUT2D eigenvalue weighted by atomic mass is 9.73. The molecule has 0 spiro atoms. The lowest BCUT2D eigenvalue weighted by Gasteiger charge is -2.37. The lowest BCUT2D eigenvalue weighted by molar-refractivity contribution is -0.121. The van der Waals surface area contributed by atoms with Crippen LogP contribution in [0, 0.1) is 0 Å². The van der Waals surface area contributed by atoms with Gasteiger partial charge in [-0.1, -0.05) is 78.9 Å². The molecule has 10 nitrogen and oxygen atoms in total. The Morgan fingerprint density at radius 2 is 1.20 bits per heavy atom. The summed E-state index contributed by atoms with van der Waals surface area (Å²) in [6.07, 6.45) is -1.25. The largest absolute Gasteiger partial charge is 0.444 e. The quantitative estimate of drug-likeness (QED) is 0.152. The topological polar surface area (TPSA) is 118 Å². The molecular weight excluding hydrogens is 604 g/mol. The number of benzene rings is 3. The lowest BCUT2D eigenvalue weighted by Crippen LogP contribution is -2.46. The van der Waals surface area contributed by atoms with Crippen molar-refractivity contribution < 1.29 is 41.6 Å². The van der Waals surface area contributed by atoms with Gasteiger partial charge in [-0.25, -0.2) is 9.69 Å². The van der Waals surface area contributed by atoms with Gasteiger partial charge in [-0.05, 0) is 56.9 Å². The highest BCUT2D eigenvalue weighted by molar-refractivity contribution is 7.72. The normalized spacial score (nSPS) is 16.8. The highest BCUT2D eigenvalue weighted by atomic mass is 31.2. The van der Waals surface area contributed by atoms with Gasteiger partial charge >= 0.3 is 21.3 Å². The number of fused-ring (bicyclic) bond motifs is 1. The second-order valence-electron chi connectivity index (χ2n) is 9.90. The van der Waals surface area contributed by atoms with E-state index >= 15 is 0 Å². The van der Waals surface area contributed by atoms with Crippen molar-refractivity contribution in [2.24, 2.45) is 0 Å². The molecule has 0 radical (unpaired) electrons. The van der Waals surface area contributed by atoms with E-state index in [0.717, 1.165) is 10.5 Å². The van der Waals surface area contributed by atoms with E-state index in [4.69, 9.17) is 22.8 Å². The molecule has 3 aromatic carbocycles. The summed E-state index contributed by atoms with van der Waals surface area (Å²) in [6, 6.07) is 24.7. The summed E-state index contributed by atoms with van der Waals surface area (Å²) >= 11 is 0. The van der Waals surface area contributed by atoms with Crippen molar-refractivity contribution >= 4 is 32.9 Å². The summed E-state index contributed by atoms with van der Waals surface area (Å²) in [5.41, 5.74) is 0.307. The van der Waals surface area contributed by atoms with Crippen LogP contribution in [0.15, 0.2) is 84.9 Å². The van der Waals surface area contributed by atoms with Crippen molar-refractivity contribution in [3.63, 3.8) is 0 Å². The molecule has 44 heavy (non-hydrogen) atoms. The zero-order valence-electron chi connectivity index (χ0n) is 25.4. The van der Waals surface area contributed by atoms with E-state index in [-0.39, 0.29) is 39.5 Å². The zero-order valence-corrected chi connectivity index (χ0v) is 27.2. The standard InChI is InChI=1S/C32H39NO9P2/c1-5-39-43(36,40-6-2)29(44(37,41-7-3)42-8-4)23-32(26-19-13-10-14-20-26)27-21-15-16-22-28(27)33(30(32)34)31(35)38-24-25-17-11-9-12-18-25/h9-22,29H,5-8,23-24H2,1-4H3/t32-/m1/s1. The van der Waals surface area contributed by atoms with Crippen molar-refractivity contribution in [3.05, 3.63) is 102 Å². The Labute approximate surface area is 258 Å². The number of hydrogen-bond donors (Lipinski definition) is 0.